The number of nitrogens with one attached hydrogen (secondary N) is 1. The molecule has 5 heteroatoms. The molecule has 1 saturated carbocycles. The van der Waals surface area contributed by atoms with Crippen molar-refractivity contribution in [1.29, 1.82) is 0 Å². The highest BCUT2D eigenvalue weighted by Gasteiger charge is 2.32. The van der Waals surface area contributed by atoms with E-state index in [0.717, 1.165) is 18.5 Å². The molecule has 0 bridgehead atoms. The van der Waals surface area contributed by atoms with Crippen LogP contribution in [0.5, 0.6) is 5.75 Å². The number of nitrogens with zero attached hydrogens (tertiary/aromatic N) is 1. The highest BCUT2D eigenvalue weighted by molar-refractivity contribution is 5.46. The molecule has 1 aliphatic carbocycles. The smallest absolute Gasteiger partial charge is 0.276 e. The maximum Gasteiger partial charge on any atom is 0.276 e. The second-order valence-corrected chi connectivity index (χ2v) is 5.35. The predicted octanol–water partition coefficient (Wildman–Crippen LogP) is 2.92. The molecule has 0 heterocycles. The molecule has 0 amide bonds. The quantitative estimate of drug-likeness (QED) is 0.586. The Morgan fingerprint density at radius 3 is 2.80 bits per heavy atom. The minimum absolute atomic E-state index is 0.160. The van der Waals surface area contributed by atoms with E-state index in [2.05, 4.69) is 12.2 Å². The van der Waals surface area contributed by atoms with Crippen molar-refractivity contribution >= 4 is 5.69 Å². The molecule has 1 aliphatic rings. The summed E-state index contributed by atoms with van der Waals surface area (Å²) in [6.07, 6.45) is 4.25. The number of nitro benzene ring substituents is 1. The summed E-state index contributed by atoms with van der Waals surface area (Å²) in [5.74, 6) is 1.20. The third kappa shape index (κ3) is 3.70. The van der Waals surface area contributed by atoms with Crippen LogP contribution in [0.4, 0.5) is 5.69 Å². The zero-order valence-electron chi connectivity index (χ0n) is 12.1. The van der Waals surface area contributed by atoms with Crippen molar-refractivity contribution in [3.63, 3.8) is 0 Å². The van der Waals surface area contributed by atoms with E-state index >= 15 is 0 Å². The lowest BCUT2D eigenvalue weighted by Gasteiger charge is -2.18. The number of rotatable bonds is 8. The van der Waals surface area contributed by atoms with Gasteiger partial charge < -0.3 is 10.1 Å². The van der Waals surface area contributed by atoms with Crippen LogP contribution in [0.1, 0.15) is 31.7 Å². The van der Waals surface area contributed by atoms with E-state index in [4.69, 9.17) is 4.74 Å². The average molecular weight is 278 g/mol. The van der Waals surface area contributed by atoms with E-state index in [1.165, 1.54) is 26.0 Å². The standard InChI is InChI=1S/C15H22N2O3/c1-3-8-16-14(11-4-5-11)9-12-6-7-13(20-2)10-15(12)17(18)19/h6-7,10-11,14,16H,3-5,8-9H2,1-2H3. The van der Waals surface area contributed by atoms with E-state index in [9.17, 15) is 10.1 Å². The molecule has 1 atom stereocenters. The van der Waals surface area contributed by atoms with Gasteiger partial charge >= 0.3 is 0 Å². The van der Waals surface area contributed by atoms with Gasteiger partial charge in [0.15, 0.2) is 0 Å². The van der Waals surface area contributed by atoms with Gasteiger partial charge in [0.2, 0.25) is 0 Å². The first-order valence-corrected chi connectivity index (χ1v) is 7.20. The summed E-state index contributed by atoms with van der Waals surface area (Å²) in [5.41, 5.74) is 0.949. The lowest BCUT2D eigenvalue weighted by molar-refractivity contribution is -0.385. The highest BCUT2D eigenvalue weighted by atomic mass is 16.6. The molecule has 0 spiro atoms. The Morgan fingerprint density at radius 2 is 2.25 bits per heavy atom. The van der Waals surface area contributed by atoms with Crippen LogP contribution in [0.25, 0.3) is 0 Å². The van der Waals surface area contributed by atoms with Crippen molar-refractivity contribution in [3.8, 4) is 5.75 Å². The van der Waals surface area contributed by atoms with E-state index in [0.29, 0.717) is 24.1 Å². The third-order valence-electron chi connectivity index (χ3n) is 3.78. The summed E-state index contributed by atoms with van der Waals surface area (Å²) in [6, 6.07) is 5.48. The van der Waals surface area contributed by atoms with Crippen molar-refractivity contribution in [1.82, 2.24) is 5.32 Å². The second-order valence-electron chi connectivity index (χ2n) is 5.35. The molecule has 1 aromatic rings. The summed E-state index contributed by atoms with van der Waals surface area (Å²) >= 11 is 0. The van der Waals surface area contributed by atoms with Crippen LogP contribution < -0.4 is 10.1 Å². The van der Waals surface area contributed by atoms with Crippen LogP contribution in [0, 0.1) is 16.0 Å². The number of methoxy groups -OCH3 is 1. The van der Waals surface area contributed by atoms with Crippen LogP contribution in [-0.4, -0.2) is 24.6 Å². The van der Waals surface area contributed by atoms with Gasteiger partial charge in [-0.15, -0.1) is 0 Å². The minimum atomic E-state index is -0.318. The monoisotopic (exact) mass is 278 g/mol. The minimum Gasteiger partial charge on any atom is -0.497 e. The van der Waals surface area contributed by atoms with Crippen molar-refractivity contribution < 1.29 is 9.66 Å². The molecule has 0 aromatic heterocycles. The van der Waals surface area contributed by atoms with Crippen molar-refractivity contribution in [2.75, 3.05) is 13.7 Å². The van der Waals surface area contributed by atoms with Crippen LogP contribution in [0.15, 0.2) is 18.2 Å². The molecule has 1 fully saturated rings. The zero-order valence-corrected chi connectivity index (χ0v) is 12.1. The first-order chi connectivity index (χ1) is 9.65. The van der Waals surface area contributed by atoms with Gasteiger partial charge in [0.1, 0.15) is 5.75 Å². The summed E-state index contributed by atoms with van der Waals surface area (Å²) in [7, 11) is 1.52. The SMILES string of the molecule is CCCNC(Cc1ccc(OC)cc1[N+](=O)[O-])C1CC1. The van der Waals surface area contributed by atoms with Gasteiger partial charge in [0.05, 0.1) is 18.1 Å². The number of hydrogen-bond acceptors (Lipinski definition) is 4. The molecule has 0 saturated heterocycles. The van der Waals surface area contributed by atoms with E-state index in [-0.39, 0.29) is 10.6 Å². The van der Waals surface area contributed by atoms with Crippen molar-refractivity contribution in [2.24, 2.45) is 5.92 Å². The number of benzene rings is 1. The maximum absolute atomic E-state index is 11.2. The molecule has 2 rings (SSSR count). The molecule has 110 valence electrons. The first-order valence-electron chi connectivity index (χ1n) is 7.20. The molecule has 0 radical (unpaired) electrons. The van der Waals surface area contributed by atoms with E-state index < -0.39 is 0 Å². The van der Waals surface area contributed by atoms with Gasteiger partial charge in [-0.3, -0.25) is 10.1 Å². The van der Waals surface area contributed by atoms with E-state index in [1.54, 1.807) is 6.07 Å². The largest absolute Gasteiger partial charge is 0.497 e. The van der Waals surface area contributed by atoms with E-state index in [1.807, 2.05) is 6.07 Å². The molecule has 1 N–H and O–H groups in total. The fourth-order valence-corrected chi connectivity index (χ4v) is 2.48. The van der Waals surface area contributed by atoms with Gasteiger partial charge in [-0.25, -0.2) is 0 Å². The Morgan fingerprint density at radius 1 is 1.50 bits per heavy atom. The maximum atomic E-state index is 11.2. The van der Waals surface area contributed by atoms with Gasteiger partial charge in [-0.1, -0.05) is 6.92 Å². The van der Waals surface area contributed by atoms with Crippen LogP contribution in [-0.2, 0) is 6.42 Å². The molecule has 20 heavy (non-hydrogen) atoms. The summed E-state index contributed by atoms with van der Waals surface area (Å²) in [5, 5.41) is 14.7. The van der Waals surface area contributed by atoms with Gasteiger partial charge in [0.25, 0.3) is 5.69 Å². The third-order valence-corrected chi connectivity index (χ3v) is 3.78. The fraction of sp³-hybridized carbons (Fsp3) is 0.600. The fourth-order valence-electron chi connectivity index (χ4n) is 2.48. The van der Waals surface area contributed by atoms with Crippen molar-refractivity contribution in [2.45, 2.75) is 38.6 Å². The van der Waals surface area contributed by atoms with Gasteiger partial charge in [0, 0.05) is 11.6 Å². The van der Waals surface area contributed by atoms with Gasteiger partial charge in [-0.2, -0.15) is 0 Å². The topological polar surface area (TPSA) is 64.4 Å². The molecule has 5 nitrogen and oxygen atoms in total. The second kappa shape index (κ2) is 6.70. The van der Waals surface area contributed by atoms with Gasteiger partial charge in [-0.05, 0) is 50.3 Å². The Hall–Kier alpha value is -1.62. The van der Waals surface area contributed by atoms with Crippen molar-refractivity contribution in [3.05, 3.63) is 33.9 Å². The lowest BCUT2D eigenvalue weighted by Crippen LogP contribution is -2.33. The summed E-state index contributed by atoms with van der Waals surface area (Å²) in [4.78, 5) is 10.9. The number of hydrogen-bond donors (Lipinski definition) is 1. The first kappa shape index (κ1) is 14.8. The molecule has 1 aromatic carbocycles. The van der Waals surface area contributed by atoms with Crippen LogP contribution in [0.3, 0.4) is 0 Å². The van der Waals surface area contributed by atoms with Crippen LogP contribution >= 0.6 is 0 Å². The molecular weight excluding hydrogens is 256 g/mol. The molecule has 0 aliphatic heterocycles. The lowest BCUT2D eigenvalue weighted by atomic mass is 10.00. The Labute approximate surface area is 119 Å². The zero-order chi connectivity index (χ0) is 14.5. The average Bonchev–Trinajstić information content (AvgIpc) is 3.27. The Kier molecular flexibility index (Phi) is 4.95. The summed E-state index contributed by atoms with van der Waals surface area (Å²) < 4.78 is 5.07. The highest BCUT2D eigenvalue weighted by Crippen LogP contribution is 2.35. The predicted molar refractivity (Wildman–Crippen MR) is 78.2 cm³/mol. The number of nitro groups is 1. The Balaban J connectivity index is 2.15. The number of ether oxygens (including phenoxy) is 1. The molecular formula is C15H22N2O3. The normalized spacial score (nSPS) is 15.9. The summed E-state index contributed by atoms with van der Waals surface area (Å²) in [6.45, 7) is 3.10. The Bertz CT molecular complexity index is 472. The molecule has 1 unspecified atom stereocenters. The van der Waals surface area contributed by atoms with Crippen LogP contribution in [0.2, 0.25) is 0 Å².